The van der Waals surface area contributed by atoms with E-state index in [9.17, 15) is 9.50 Å². The van der Waals surface area contributed by atoms with Gasteiger partial charge in [0.15, 0.2) is 0 Å². The zero-order valence-electron chi connectivity index (χ0n) is 6.74. The predicted molar refractivity (Wildman–Crippen MR) is 42.8 cm³/mol. The zero-order chi connectivity index (χ0) is 9.84. The second-order valence-electron chi connectivity index (χ2n) is 2.57. The number of phenolic OH excluding ortho intramolecular Hbond substituents is 1. The van der Waals surface area contributed by atoms with Crippen LogP contribution in [0.5, 0.6) is 5.75 Å². The molecule has 0 spiro atoms. The molecule has 1 aromatic carbocycles. The van der Waals surface area contributed by atoms with Crippen molar-refractivity contribution in [2.24, 2.45) is 0 Å². The molecule has 4 nitrogen and oxygen atoms in total. The lowest BCUT2D eigenvalue weighted by atomic mass is 10.1. The predicted octanol–water partition coefficient (Wildman–Crippen LogP) is 0.544. The van der Waals surface area contributed by atoms with E-state index in [1.165, 1.54) is 0 Å². The number of benzene rings is 1. The SMILES string of the molecule is OC[C@@H](NO)c1cc(F)ccc1O. The maximum Gasteiger partial charge on any atom is 0.123 e. The van der Waals surface area contributed by atoms with E-state index in [0.29, 0.717) is 0 Å². The molecule has 0 aliphatic heterocycles. The fourth-order valence-corrected chi connectivity index (χ4v) is 1.01. The van der Waals surface area contributed by atoms with Gasteiger partial charge < -0.3 is 15.4 Å². The van der Waals surface area contributed by atoms with Gasteiger partial charge in [0.25, 0.3) is 0 Å². The molecular formula is C8H10FNO3. The van der Waals surface area contributed by atoms with E-state index >= 15 is 0 Å². The van der Waals surface area contributed by atoms with Crippen LogP contribution in [0, 0.1) is 5.82 Å². The molecule has 0 amide bonds. The maximum absolute atomic E-state index is 12.7. The summed E-state index contributed by atoms with van der Waals surface area (Å²) in [6, 6.07) is 2.41. The molecule has 0 heterocycles. The van der Waals surface area contributed by atoms with Crippen LogP contribution in [0.2, 0.25) is 0 Å². The lowest BCUT2D eigenvalue weighted by Gasteiger charge is -2.13. The molecule has 0 fully saturated rings. The summed E-state index contributed by atoms with van der Waals surface area (Å²) in [7, 11) is 0. The van der Waals surface area contributed by atoms with Crippen molar-refractivity contribution < 1.29 is 19.8 Å². The molecule has 0 bridgehead atoms. The minimum atomic E-state index is -0.879. The quantitative estimate of drug-likeness (QED) is 0.521. The third-order valence-electron chi connectivity index (χ3n) is 1.70. The van der Waals surface area contributed by atoms with Crippen LogP contribution in [0.1, 0.15) is 11.6 Å². The summed E-state index contributed by atoms with van der Waals surface area (Å²) in [4.78, 5) is 0. The monoisotopic (exact) mass is 187 g/mol. The third kappa shape index (κ3) is 2.15. The van der Waals surface area contributed by atoms with Gasteiger partial charge in [-0.2, -0.15) is 5.48 Å². The van der Waals surface area contributed by atoms with Crippen molar-refractivity contribution in [1.29, 1.82) is 0 Å². The van der Waals surface area contributed by atoms with Gasteiger partial charge in [0.05, 0.1) is 12.6 Å². The fourth-order valence-electron chi connectivity index (χ4n) is 1.01. The Morgan fingerprint density at radius 3 is 2.69 bits per heavy atom. The van der Waals surface area contributed by atoms with Crippen molar-refractivity contribution in [3.8, 4) is 5.75 Å². The maximum atomic E-state index is 12.7. The van der Waals surface area contributed by atoms with Crippen molar-refractivity contribution >= 4 is 0 Å². The standard InChI is InChI=1S/C8H10FNO3/c9-5-1-2-8(12)6(3-5)7(4-11)10-13/h1-3,7,10-13H,4H2/t7-/m1/s1. The largest absolute Gasteiger partial charge is 0.508 e. The van der Waals surface area contributed by atoms with E-state index in [0.717, 1.165) is 18.2 Å². The average molecular weight is 187 g/mol. The van der Waals surface area contributed by atoms with E-state index in [1.807, 2.05) is 0 Å². The normalized spacial score (nSPS) is 12.8. The van der Waals surface area contributed by atoms with Gasteiger partial charge in [-0.25, -0.2) is 4.39 Å². The second kappa shape index (κ2) is 4.18. The van der Waals surface area contributed by atoms with Gasteiger partial charge in [0.1, 0.15) is 11.6 Å². The highest BCUT2D eigenvalue weighted by Crippen LogP contribution is 2.24. The second-order valence-corrected chi connectivity index (χ2v) is 2.57. The molecule has 72 valence electrons. The summed E-state index contributed by atoms with van der Waals surface area (Å²) >= 11 is 0. The molecule has 0 aromatic heterocycles. The summed E-state index contributed by atoms with van der Waals surface area (Å²) < 4.78 is 12.7. The lowest BCUT2D eigenvalue weighted by molar-refractivity contribution is 0.0892. The van der Waals surface area contributed by atoms with Gasteiger partial charge in [-0.15, -0.1) is 0 Å². The summed E-state index contributed by atoms with van der Waals surface area (Å²) in [6.45, 7) is -0.437. The summed E-state index contributed by atoms with van der Waals surface area (Å²) in [5.74, 6) is -0.719. The Hall–Kier alpha value is -1.17. The van der Waals surface area contributed by atoms with Crippen molar-refractivity contribution in [2.75, 3.05) is 6.61 Å². The van der Waals surface area contributed by atoms with Gasteiger partial charge in [-0.3, -0.25) is 0 Å². The molecule has 0 aliphatic rings. The average Bonchev–Trinajstić information content (AvgIpc) is 2.13. The first kappa shape index (κ1) is 9.91. The third-order valence-corrected chi connectivity index (χ3v) is 1.70. The molecule has 1 aromatic rings. The minimum Gasteiger partial charge on any atom is -0.508 e. The van der Waals surface area contributed by atoms with E-state index in [-0.39, 0.29) is 11.3 Å². The van der Waals surface area contributed by atoms with Crippen LogP contribution in [0.4, 0.5) is 4.39 Å². The summed E-state index contributed by atoms with van der Waals surface area (Å²) in [5.41, 5.74) is 1.88. The molecule has 13 heavy (non-hydrogen) atoms. The van der Waals surface area contributed by atoms with Crippen LogP contribution in [-0.2, 0) is 0 Å². The Morgan fingerprint density at radius 1 is 1.46 bits per heavy atom. The van der Waals surface area contributed by atoms with Crippen molar-refractivity contribution in [3.05, 3.63) is 29.6 Å². The van der Waals surface area contributed by atoms with Gasteiger partial charge >= 0.3 is 0 Å². The molecule has 0 saturated carbocycles. The Balaban J connectivity index is 3.03. The highest BCUT2D eigenvalue weighted by atomic mass is 19.1. The summed E-state index contributed by atoms with van der Waals surface area (Å²) in [5, 5.41) is 26.5. The van der Waals surface area contributed by atoms with Crippen LogP contribution < -0.4 is 5.48 Å². The molecule has 5 heteroatoms. The number of hydroxylamine groups is 1. The topological polar surface area (TPSA) is 72.7 Å². The van der Waals surface area contributed by atoms with Gasteiger partial charge in [0, 0.05) is 5.56 Å². The first-order valence-corrected chi connectivity index (χ1v) is 3.68. The van der Waals surface area contributed by atoms with Crippen molar-refractivity contribution in [2.45, 2.75) is 6.04 Å². The number of hydrogen-bond donors (Lipinski definition) is 4. The number of hydrogen-bond acceptors (Lipinski definition) is 4. The van der Waals surface area contributed by atoms with E-state index in [2.05, 4.69) is 0 Å². The Bertz CT molecular complexity index is 289. The van der Waals surface area contributed by atoms with Gasteiger partial charge in [-0.05, 0) is 18.2 Å². The van der Waals surface area contributed by atoms with E-state index < -0.39 is 18.5 Å². The molecule has 0 aliphatic carbocycles. The van der Waals surface area contributed by atoms with Crippen LogP contribution in [-0.4, -0.2) is 22.0 Å². The first-order valence-electron chi connectivity index (χ1n) is 3.68. The highest BCUT2D eigenvalue weighted by Gasteiger charge is 2.13. The molecular weight excluding hydrogens is 177 g/mol. The fraction of sp³-hybridized carbons (Fsp3) is 0.250. The Kier molecular flexibility index (Phi) is 3.18. The van der Waals surface area contributed by atoms with Gasteiger partial charge in [-0.1, -0.05) is 0 Å². The molecule has 0 unspecified atom stereocenters. The zero-order valence-corrected chi connectivity index (χ0v) is 6.74. The summed E-state index contributed by atoms with van der Waals surface area (Å²) in [6.07, 6.45) is 0. The number of halogens is 1. The van der Waals surface area contributed by atoms with E-state index in [1.54, 1.807) is 5.48 Å². The van der Waals surface area contributed by atoms with Crippen LogP contribution in [0.15, 0.2) is 18.2 Å². The number of aliphatic hydroxyl groups excluding tert-OH is 1. The number of aliphatic hydroxyl groups is 1. The van der Waals surface area contributed by atoms with Crippen molar-refractivity contribution in [1.82, 2.24) is 5.48 Å². The lowest BCUT2D eigenvalue weighted by Crippen LogP contribution is -2.20. The van der Waals surface area contributed by atoms with Crippen LogP contribution in [0.25, 0.3) is 0 Å². The number of phenols is 1. The van der Waals surface area contributed by atoms with E-state index in [4.69, 9.17) is 10.3 Å². The molecule has 1 rings (SSSR count). The molecule has 4 N–H and O–H groups in total. The number of aromatic hydroxyl groups is 1. The van der Waals surface area contributed by atoms with Crippen LogP contribution >= 0.6 is 0 Å². The highest BCUT2D eigenvalue weighted by molar-refractivity contribution is 5.35. The smallest absolute Gasteiger partial charge is 0.123 e. The number of nitrogens with one attached hydrogen (secondary N) is 1. The van der Waals surface area contributed by atoms with Crippen molar-refractivity contribution in [3.63, 3.8) is 0 Å². The Labute approximate surface area is 74.2 Å². The molecule has 1 atom stereocenters. The minimum absolute atomic E-state index is 0.116. The Morgan fingerprint density at radius 2 is 2.15 bits per heavy atom. The van der Waals surface area contributed by atoms with Crippen LogP contribution in [0.3, 0.4) is 0 Å². The number of rotatable bonds is 3. The van der Waals surface area contributed by atoms with Gasteiger partial charge in [0.2, 0.25) is 0 Å². The first-order chi connectivity index (χ1) is 6.19. The molecule has 0 radical (unpaired) electrons. The molecule has 0 saturated heterocycles.